The van der Waals surface area contributed by atoms with E-state index in [0.717, 1.165) is 14.6 Å². The summed E-state index contributed by atoms with van der Waals surface area (Å²) < 4.78 is 1.89. The minimum absolute atomic E-state index is 0.0562. The second-order valence-electron chi connectivity index (χ2n) is 5.00. The third-order valence-electron chi connectivity index (χ3n) is 3.25. The van der Waals surface area contributed by atoms with Crippen LogP contribution in [0.15, 0.2) is 52.9 Å². The molecule has 0 aliphatic rings. The van der Waals surface area contributed by atoms with E-state index in [2.05, 4.69) is 10.3 Å². The quantitative estimate of drug-likeness (QED) is 0.416. The zero-order valence-electron chi connectivity index (χ0n) is 12.6. The van der Waals surface area contributed by atoms with Gasteiger partial charge in [-0.2, -0.15) is 0 Å². The number of nitrogens with one attached hydrogen (secondary N) is 1. The van der Waals surface area contributed by atoms with E-state index in [1.807, 2.05) is 24.3 Å². The molecule has 6 nitrogen and oxygen atoms in total. The Labute approximate surface area is 146 Å². The number of nitro groups is 1. The lowest BCUT2D eigenvalue weighted by Crippen LogP contribution is -2.22. The van der Waals surface area contributed by atoms with Crippen molar-refractivity contribution in [1.82, 2.24) is 4.98 Å². The van der Waals surface area contributed by atoms with Crippen LogP contribution in [0.5, 0.6) is 0 Å². The molecular weight excluding hydrogens is 346 g/mol. The van der Waals surface area contributed by atoms with E-state index in [1.165, 1.54) is 35.2 Å². The fourth-order valence-electron chi connectivity index (χ4n) is 2.05. The van der Waals surface area contributed by atoms with Gasteiger partial charge in [0.05, 0.1) is 20.4 Å². The van der Waals surface area contributed by atoms with Gasteiger partial charge in [0.2, 0.25) is 5.91 Å². The van der Waals surface area contributed by atoms with Gasteiger partial charge in [-0.15, -0.1) is 11.3 Å². The molecule has 2 aromatic carbocycles. The third-order valence-corrected chi connectivity index (χ3v) is 5.48. The van der Waals surface area contributed by atoms with E-state index in [9.17, 15) is 14.9 Å². The van der Waals surface area contributed by atoms with Gasteiger partial charge in [-0.1, -0.05) is 30.0 Å². The van der Waals surface area contributed by atoms with Crippen molar-refractivity contribution in [1.29, 1.82) is 0 Å². The van der Waals surface area contributed by atoms with Gasteiger partial charge >= 0.3 is 0 Å². The number of aromatic nitrogens is 1. The van der Waals surface area contributed by atoms with Gasteiger partial charge in [0, 0.05) is 17.8 Å². The van der Waals surface area contributed by atoms with E-state index in [1.54, 1.807) is 19.1 Å². The van der Waals surface area contributed by atoms with Crippen LogP contribution in [0.1, 0.15) is 6.92 Å². The Balaban J connectivity index is 1.68. The van der Waals surface area contributed by atoms with Gasteiger partial charge in [-0.05, 0) is 25.1 Å². The number of carbonyl (C=O) groups is 1. The highest BCUT2D eigenvalue weighted by Crippen LogP contribution is 2.32. The van der Waals surface area contributed by atoms with Gasteiger partial charge in [0.15, 0.2) is 4.34 Å². The molecule has 0 aliphatic heterocycles. The molecule has 0 radical (unpaired) electrons. The van der Waals surface area contributed by atoms with Crippen LogP contribution in [0, 0.1) is 10.1 Å². The predicted octanol–water partition coefficient (Wildman–Crippen LogP) is 4.32. The van der Waals surface area contributed by atoms with Crippen LogP contribution >= 0.6 is 23.1 Å². The standard InChI is InChI=1S/C16H13N3O3S2/c1-10(23-16-18-13-7-2-3-8-14(13)24-16)15(20)17-11-5-4-6-12(9-11)19(21)22/h2-10H,1H3,(H,17,20). The van der Waals surface area contributed by atoms with E-state index in [-0.39, 0.29) is 16.8 Å². The Hall–Kier alpha value is -2.45. The SMILES string of the molecule is CC(Sc1nc2ccccc2s1)C(=O)Nc1cccc([N+](=O)[O-])c1. The van der Waals surface area contributed by atoms with E-state index in [0.29, 0.717) is 5.69 Å². The van der Waals surface area contributed by atoms with Gasteiger partial charge in [-0.3, -0.25) is 14.9 Å². The number of non-ortho nitro benzene ring substituents is 1. The number of hydrogen-bond acceptors (Lipinski definition) is 6. The molecule has 0 saturated carbocycles. The number of anilines is 1. The molecule has 0 bridgehead atoms. The molecule has 8 heteroatoms. The Morgan fingerprint density at radius 2 is 2.08 bits per heavy atom. The maximum absolute atomic E-state index is 12.3. The van der Waals surface area contributed by atoms with Gasteiger partial charge < -0.3 is 5.32 Å². The van der Waals surface area contributed by atoms with Gasteiger partial charge in [-0.25, -0.2) is 4.98 Å². The van der Waals surface area contributed by atoms with E-state index < -0.39 is 4.92 Å². The summed E-state index contributed by atoms with van der Waals surface area (Å²) in [4.78, 5) is 27.1. The summed E-state index contributed by atoms with van der Waals surface area (Å²) in [5.74, 6) is -0.222. The first-order chi connectivity index (χ1) is 11.5. The van der Waals surface area contributed by atoms with Crippen LogP contribution in [-0.2, 0) is 4.79 Å². The summed E-state index contributed by atoms with van der Waals surface area (Å²) in [6, 6.07) is 13.7. The maximum Gasteiger partial charge on any atom is 0.271 e. The van der Waals surface area contributed by atoms with Crippen molar-refractivity contribution in [2.24, 2.45) is 0 Å². The molecule has 24 heavy (non-hydrogen) atoms. The van der Waals surface area contributed by atoms with Gasteiger partial charge in [0.1, 0.15) is 0 Å². The van der Waals surface area contributed by atoms with Crippen LogP contribution in [0.2, 0.25) is 0 Å². The lowest BCUT2D eigenvalue weighted by molar-refractivity contribution is -0.384. The average Bonchev–Trinajstić information content (AvgIpc) is 2.97. The minimum Gasteiger partial charge on any atom is -0.325 e. The number of nitrogens with zero attached hydrogens (tertiary/aromatic N) is 2. The summed E-state index contributed by atoms with van der Waals surface area (Å²) in [5.41, 5.74) is 1.27. The fourth-order valence-corrected chi connectivity index (χ4v) is 4.26. The van der Waals surface area contributed by atoms with Gasteiger partial charge in [0.25, 0.3) is 5.69 Å². The van der Waals surface area contributed by atoms with Crippen molar-refractivity contribution in [2.45, 2.75) is 16.5 Å². The average molecular weight is 359 g/mol. The molecular formula is C16H13N3O3S2. The molecule has 0 fully saturated rings. The van der Waals surface area contributed by atoms with Crippen LogP contribution in [-0.4, -0.2) is 21.1 Å². The second-order valence-corrected chi connectivity index (χ2v) is 7.62. The molecule has 0 spiro atoms. The number of thioether (sulfide) groups is 1. The topological polar surface area (TPSA) is 85.1 Å². The van der Waals surface area contributed by atoms with Crippen molar-refractivity contribution in [3.63, 3.8) is 0 Å². The number of benzene rings is 2. The summed E-state index contributed by atoms with van der Waals surface area (Å²) >= 11 is 2.91. The number of fused-ring (bicyclic) bond motifs is 1. The van der Waals surface area contributed by atoms with E-state index in [4.69, 9.17) is 0 Å². The zero-order valence-corrected chi connectivity index (χ0v) is 14.3. The highest BCUT2D eigenvalue weighted by Gasteiger charge is 2.18. The number of rotatable bonds is 5. The molecule has 3 rings (SSSR count). The molecule has 0 aliphatic carbocycles. The molecule has 0 saturated heterocycles. The molecule has 1 amide bonds. The number of carbonyl (C=O) groups excluding carboxylic acids is 1. The minimum atomic E-state index is -0.491. The Morgan fingerprint density at radius 1 is 1.29 bits per heavy atom. The first kappa shape index (κ1) is 16.4. The molecule has 3 aromatic rings. The molecule has 1 atom stereocenters. The number of para-hydroxylation sites is 1. The Morgan fingerprint density at radius 3 is 2.83 bits per heavy atom. The lowest BCUT2D eigenvalue weighted by atomic mass is 10.2. The van der Waals surface area contributed by atoms with E-state index >= 15 is 0 Å². The smallest absolute Gasteiger partial charge is 0.271 e. The molecule has 122 valence electrons. The molecule has 1 aromatic heterocycles. The maximum atomic E-state index is 12.3. The van der Waals surface area contributed by atoms with Crippen molar-refractivity contribution >= 4 is 50.6 Å². The second kappa shape index (κ2) is 6.98. The first-order valence-electron chi connectivity index (χ1n) is 7.10. The van der Waals surface area contributed by atoms with Crippen LogP contribution < -0.4 is 5.32 Å². The summed E-state index contributed by atoms with van der Waals surface area (Å²) in [6.07, 6.45) is 0. The van der Waals surface area contributed by atoms with Crippen molar-refractivity contribution in [3.05, 3.63) is 58.6 Å². The normalized spacial score (nSPS) is 12.0. The lowest BCUT2D eigenvalue weighted by Gasteiger charge is -2.10. The summed E-state index contributed by atoms with van der Waals surface area (Å²) in [5, 5.41) is 13.1. The Kier molecular flexibility index (Phi) is 4.77. The molecule has 1 N–H and O–H groups in total. The number of hydrogen-bond donors (Lipinski definition) is 1. The predicted molar refractivity (Wildman–Crippen MR) is 96.7 cm³/mol. The number of nitro benzene ring substituents is 1. The number of amides is 1. The molecule has 1 unspecified atom stereocenters. The Bertz CT molecular complexity index is 877. The van der Waals surface area contributed by atoms with Crippen molar-refractivity contribution < 1.29 is 9.72 Å². The fraction of sp³-hybridized carbons (Fsp3) is 0.125. The summed E-state index contributed by atoms with van der Waals surface area (Å²) in [7, 11) is 0. The first-order valence-corrected chi connectivity index (χ1v) is 8.80. The third kappa shape index (κ3) is 3.72. The highest BCUT2D eigenvalue weighted by atomic mass is 32.2. The van der Waals surface area contributed by atoms with Crippen LogP contribution in [0.25, 0.3) is 10.2 Å². The van der Waals surface area contributed by atoms with Crippen molar-refractivity contribution in [3.8, 4) is 0 Å². The van der Waals surface area contributed by atoms with Crippen molar-refractivity contribution in [2.75, 3.05) is 5.32 Å². The largest absolute Gasteiger partial charge is 0.325 e. The van der Waals surface area contributed by atoms with Crippen LogP contribution in [0.4, 0.5) is 11.4 Å². The zero-order chi connectivity index (χ0) is 17.1. The van der Waals surface area contributed by atoms with Crippen LogP contribution in [0.3, 0.4) is 0 Å². The molecule has 1 heterocycles. The summed E-state index contributed by atoms with van der Waals surface area (Å²) in [6.45, 7) is 1.78. The highest BCUT2D eigenvalue weighted by molar-refractivity contribution is 8.02. The monoisotopic (exact) mass is 359 g/mol. The number of thiazole rings is 1.